The highest BCUT2D eigenvalue weighted by Gasteiger charge is 2.30. The topological polar surface area (TPSA) is 84.9 Å². The first-order valence-electron chi connectivity index (χ1n) is 10.4. The van der Waals surface area contributed by atoms with Gasteiger partial charge in [0, 0.05) is 5.02 Å². The lowest BCUT2D eigenvalue weighted by Crippen LogP contribution is -2.38. The van der Waals surface area contributed by atoms with Gasteiger partial charge in [-0.05, 0) is 73.9 Å². The average Bonchev–Trinajstić information content (AvgIpc) is 2.79. The maximum Gasteiger partial charge on any atom is 0.268 e. The quantitative estimate of drug-likeness (QED) is 0.462. The van der Waals surface area contributed by atoms with Crippen LogP contribution in [0, 0.1) is 20.8 Å². The molecule has 3 rings (SSSR count). The minimum Gasteiger partial charge on any atom is -0.495 e. The number of hydrogen-bond acceptors (Lipinski definition) is 5. The van der Waals surface area contributed by atoms with E-state index in [9.17, 15) is 13.2 Å². The van der Waals surface area contributed by atoms with Gasteiger partial charge in [-0.25, -0.2) is 8.42 Å². The van der Waals surface area contributed by atoms with Crippen LogP contribution < -0.4 is 19.1 Å². The number of methoxy groups -OCH3 is 2. The van der Waals surface area contributed by atoms with Crippen LogP contribution in [0.25, 0.3) is 0 Å². The van der Waals surface area contributed by atoms with Crippen LogP contribution in [0.3, 0.4) is 0 Å². The van der Waals surface area contributed by atoms with Gasteiger partial charge >= 0.3 is 0 Å². The van der Waals surface area contributed by atoms with Crippen molar-refractivity contribution in [3.8, 4) is 11.5 Å². The van der Waals surface area contributed by atoms with Crippen molar-refractivity contribution in [2.45, 2.75) is 25.7 Å². The molecule has 0 aliphatic carbocycles. The second-order valence-corrected chi connectivity index (χ2v) is 10.1. The average molecular weight is 503 g/mol. The van der Waals surface area contributed by atoms with E-state index >= 15 is 0 Å². The number of halogens is 1. The monoisotopic (exact) mass is 502 g/mol. The Balaban J connectivity index is 2.06. The molecule has 0 bridgehead atoms. The van der Waals surface area contributed by atoms with Crippen molar-refractivity contribution in [1.29, 1.82) is 0 Å². The summed E-state index contributed by atoms with van der Waals surface area (Å²) in [6, 6.07) is 15.0. The Morgan fingerprint density at radius 1 is 0.912 bits per heavy atom. The molecule has 0 aromatic heterocycles. The molecule has 0 unspecified atom stereocenters. The number of rotatable bonds is 8. The lowest BCUT2D eigenvalue weighted by Gasteiger charge is -2.25. The molecule has 0 fully saturated rings. The first-order chi connectivity index (χ1) is 16.1. The van der Waals surface area contributed by atoms with Gasteiger partial charge < -0.3 is 14.8 Å². The van der Waals surface area contributed by atoms with Gasteiger partial charge in [0.05, 0.1) is 25.6 Å². The second-order valence-electron chi connectivity index (χ2n) is 7.85. The zero-order chi connectivity index (χ0) is 25.0. The zero-order valence-corrected chi connectivity index (χ0v) is 21.3. The number of carbonyl (C=O) groups is 1. The van der Waals surface area contributed by atoms with Gasteiger partial charge in [-0.15, -0.1) is 0 Å². The van der Waals surface area contributed by atoms with Crippen LogP contribution in [0.4, 0.5) is 11.4 Å². The van der Waals surface area contributed by atoms with Crippen molar-refractivity contribution in [1.82, 2.24) is 0 Å². The van der Waals surface area contributed by atoms with Crippen molar-refractivity contribution >= 4 is 38.9 Å². The van der Waals surface area contributed by atoms with E-state index in [1.165, 1.54) is 26.4 Å². The molecule has 180 valence electrons. The summed E-state index contributed by atoms with van der Waals surface area (Å²) in [4.78, 5) is 13.0. The summed E-state index contributed by atoms with van der Waals surface area (Å²) in [6.45, 7) is 4.98. The highest BCUT2D eigenvalue weighted by atomic mass is 35.5. The number of hydrogen-bond donors (Lipinski definition) is 1. The molecule has 3 aromatic carbocycles. The number of amides is 1. The van der Waals surface area contributed by atoms with Crippen LogP contribution in [0.5, 0.6) is 11.5 Å². The van der Waals surface area contributed by atoms with Gasteiger partial charge in [-0.3, -0.25) is 9.10 Å². The molecular formula is C25H27ClN2O5S. The molecule has 1 amide bonds. The number of sulfonamides is 1. The van der Waals surface area contributed by atoms with Gasteiger partial charge in [0.2, 0.25) is 5.91 Å². The largest absolute Gasteiger partial charge is 0.495 e. The zero-order valence-electron chi connectivity index (χ0n) is 19.7. The van der Waals surface area contributed by atoms with E-state index in [4.69, 9.17) is 21.1 Å². The third-order valence-electron chi connectivity index (χ3n) is 5.25. The molecule has 1 N–H and O–H groups in total. The Hall–Kier alpha value is -3.23. The Bertz CT molecular complexity index is 1320. The first-order valence-corrected chi connectivity index (χ1v) is 12.3. The highest BCUT2D eigenvalue weighted by Crippen LogP contribution is 2.33. The van der Waals surface area contributed by atoms with Gasteiger partial charge in [0.1, 0.15) is 22.9 Å². The van der Waals surface area contributed by atoms with E-state index in [1.807, 2.05) is 19.9 Å². The third kappa shape index (κ3) is 5.46. The molecule has 0 saturated heterocycles. The smallest absolute Gasteiger partial charge is 0.268 e. The minimum atomic E-state index is -4.20. The molecule has 0 radical (unpaired) electrons. The first kappa shape index (κ1) is 25.4. The van der Waals surface area contributed by atoms with Crippen molar-refractivity contribution in [3.63, 3.8) is 0 Å². The summed E-state index contributed by atoms with van der Waals surface area (Å²) in [5, 5.41) is 3.14. The molecule has 0 heterocycles. The number of nitrogens with zero attached hydrogens (tertiary/aromatic N) is 1. The second kappa shape index (κ2) is 10.4. The molecular weight excluding hydrogens is 476 g/mol. The number of nitrogens with one attached hydrogen (secondary N) is 1. The fraction of sp³-hybridized carbons (Fsp3) is 0.240. The Morgan fingerprint density at radius 3 is 2.15 bits per heavy atom. The van der Waals surface area contributed by atoms with E-state index in [1.54, 1.807) is 43.3 Å². The van der Waals surface area contributed by atoms with Gasteiger partial charge in [-0.2, -0.15) is 0 Å². The number of aryl methyl sites for hydroxylation is 3. The van der Waals surface area contributed by atoms with E-state index in [0.29, 0.717) is 16.5 Å². The van der Waals surface area contributed by atoms with E-state index < -0.39 is 22.5 Å². The number of anilines is 2. The van der Waals surface area contributed by atoms with Crippen LogP contribution in [0.2, 0.25) is 5.02 Å². The van der Waals surface area contributed by atoms with Crippen molar-refractivity contribution < 1.29 is 22.7 Å². The Labute approximate surface area is 205 Å². The lowest BCUT2D eigenvalue weighted by molar-refractivity contribution is -0.114. The Kier molecular flexibility index (Phi) is 7.74. The fourth-order valence-corrected chi connectivity index (χ4v) is 5.23. The van der Waals surface area contributed by atoms with Crippen molar-refractivity contribution in [3.05, 3.63) is 76.3 Å². The SMILES string of the molecule is COc1ccc(C)cc1NC(=O)CN(c1ccc(C)c(Cl)c1)S(=O)(=O)c1cc(C)ccc1OC. The molecule has 34 heavy (non-hydrogen) atoms. The molecule has 0 saturated carbocycles. The van der Waals surface area contributed by atoms with Gasteiger partial charge in [0.15, 0.2) is 0 Å². The normalized spacial score (nSPS) is 11.1. The predicted octanol–water partition coefficient (Wildman–Crippen LogP) is 5.12. The highest BCUT2D eigenvalue weighted by molar-refractivity contribution is 7.93. The summed E-state index contributed by atoms with van der Waals surface area (Å²) in [6.07, 6.45) is 0. The van der Waals surface area contributed by atoms with Crippen LogP contribution in [0.15, 0.2) is 59.5 Å². The summed E-state index contributed by atoms with van der Waals surface area (Å²) in [7, 11) is -1.31. The van der Waals surface area contributed by atoms with E-state index in [2.05, 4.69) is 5.32 Å². The third-order valence-corrected chi connectivity index (χ3v) is 7.45. The van der Waals surface area contributed by atoms with Crippen LogP contribution in [-0.4, -0.2) is 35.1 Å². The molecule has 3 aromatic rings. The van der Waals surface area contributed by atoms with Crippen molar-refractivity contribution in [2.24, 2.45) is 0 Å². The lowest BCUT2D eigenvalue weighted by atomic mass is 10.2. The molecule has 7 nitrogen and oxygen atoms in total. The van der Waals surface area contributed by atoms with Crippen LogP contribution >= 0.6 is 11.6 Å². The summed E-state index contributed by atoms with van der Waals surface area (Å²) in [5.41, 5.74) is 3.13. The maximum atomic E-state index is 13.8. The molecule has 0 atom stereocenters. The number of carbonyl (C=O) groups excluding carboxylic acids is 1. The number of benzene rings is 3. The molecule has 0 aliphatic heterocycles. The molecule has 9 heteroatoms. The molecule has 0 aliphatic rings. The molecule has 0 spiro atoms. The fourth-order valence-electron chi connectivity index (χ4n) is 3.40. The van der Waals surface area contributed by atoms with Gasteiger partial charge in [0.25, 0.3) is 10.0 Å². The maximum absolute atomic E-state index is 13.8. The predicted molar refractivity (Wildman–Crippen MR) is 135 cm³/mol. The van der Waals surface area contributed by atoms with Gasteiger partial charge in [-0.1, -0.05) is 29.8 Å². The van der Waals surface area contributed by atoms with E-state index in [0.717, 1.165) is 21.0 Å². The standard InChI is InChI=1S/C25H27ClN2O5S/c1-16-6-10-22(32-4)21(12-16)27-25(29)15-28(19-9-8-18(3)20(26)14-19)34(30,31)24-13-17(2)7-11-23(24)33-5/h6-14H,15H2,1-5H3,(H,27,29). The van der Waals surface area contributed by atoms with Crippen LogP contribution in [0.1, 0.15) is 16.7 Å². The number of ether oxygens (including phenoxy) is 2. The Morgan fingerprint density at radius 2 is 1.53 bits per heavy atom. The summed E-state index contributed by atoms with van der Waals surface area (Å²) >= 11 is 6.30. The van der Waals surface area contributed by atoms with E-state index in [-0.39, 0.29) is 16.3 Å². The van der Waals surface area contributed by atoms with Crippen molar-refractivity contribution in [2.75, 3.05) is 30.4 Å². The van der Waals surface area contributed by atoms with Crippen LogP contribution in [-0.2, 0) is 14.8 Å². The summed E-state index contributed by atoms with van der Waals surface area (Å²) < 4.78 is 39.3. The summed E-state index contributed by atoms with van der Waals surface area (Å²) in [5.74, 6) is 0.0949. The minimum absolute atomic E-state index is 0.0485.